The summed E-state index contributed by atoms with van der Waals surface area (Å²) in [4.78, 5) is 2.26. The maximum Gasteiger partial charge on any atom is 0.0991 e. The molecule has 0 fully saturated rings. The maximum atomic E-state index is 8.87. The molecule has 0 radical (unpaired) electrons. The van der Waals surface area contributed by atoms with Gasteiger partial charge in [0.2, 0.25) is 0 Å². The molecule has 0 N–H and O–H groups in total. The van der Waals surface area contributed by atoms with E-state index in [4.69, 9.17) is 5.26 Å². The number of nitriles is 1. The predicted molar refractivity (Wildman–Crippen MR) is 102 cm³/mol. The Kier molecular flexibility index (Phi) is 5.59. The minimum absolute atomic E-state index is 0.189. The van der Waals surface area contributed by atoms with Crippen LogP contribution < -0.4 is 0 Å². The summed E-state index contributed by atoms with van der Waals surface area (Å²) in [6.07, 6.45) is 0. The van der Waals surface area contributed by atoms with E-state index in [0.717, 1.165) is 24.2 Å². The van der Waals surface area contributed by atoms with Crippen LogP contribution in [0.2, 0.25) is 0 Å². The Balaban J connectivity index is 1.96. The van der Waals surface area contributed by atoms with Crippen LogP contribution in [0.3, 0.4) is 0 Å². The summed E-state index contributed by atoms with van der Waals surface area (Å²) in [5, 5.41) is 8.87. The molecule has 0 bridgehead atoms. The van der Waals surface area contributed by atoms with E-state index in [1.54, 1.807) is 0 Å². The Morgan fingerprint density at radius 3 is 2.12 bits per heavy atom. The Bertz CT molecular complexity index is 726. The average molecular weight is 318 g/mol. The molecule has 2 heteroatoms. The number of nitrogens with zero attached hydrogens (tertiary/aromatic N) is 2. The Morgan fingerprint density at radius 2 is 1.62 bits per heavy atom. The molecule has 0 aliphatic heterocycles. The highest BCUT2D eigenvalue weighted by Crippen LogP contribution is 2.22. The second-order valence-corrected chi connectivity index (χ2v) is 7.41. The SMILES string of the molecule is C=C(CN(C)Cc1ccc(C(C)(C)C)cc1)c1ccc(C#N)cc1. The van der Waals surface area contributed by atoms with Gasteiger partial charge in [-0.15, -0.1) is 0 Å². The van der Waals surface area contributed by atoms with E-state index in [-0.39, 0.29) is 5.41 Å². The van der Waals surface area contributed by atoms with E-state index in [0.29, 0.717) is 5.56 Å². The zero-order chi connectivity index (χ0) is 17.7. The van der Waals surface area contributed by atoms with Crippen LogP contribution in [-0.2, 0) is 12.0 Å². The second kappa shape index (κ2) is 7.47. The second-order valence-electron chi connectivity index (χ2n) is 7.41. The van der Waals surface area contributed by atoms with E-state index in [1.807, 2.05) is 24.3 Å². The number of rotatable bonds is 5. The van der Waals surface area contributed by atoms with Crippen molar-refractivity contribution < 1.29 is 0 Å². The average Bonchev–Trinajstić information content (AvgIpc) is 2.54. The van der Waals surface area contributed by atoms with Crippen molar-refractivity contribution >= 4 is 5.57 Å². The lowest BCUT2D eigenvalue weighted by Gasteiger charge is -2.21. The summed E-state index contributed by atoms with van der Waals surface area (Å²) in [6.45, 7) is 12.6. The fraction of sp³-hybridized carbons (Fsp3) is 0.318. The highest BCUT2D eigenvalue weighted by atomic mass is 15.1. The lowest BCUT2D eigenvalue weighted by Crippen LogP contribution is -2.20. The minimum Gasteiger partial charge on any atom is -0.298 e. The van der Waals surface area contributed by atoms with E-state index in [9.17, 15) is 0 Å². The molecule has 0 amide bonds. The smallest absolute Gasteiger partial charge is 0.0991 e. The Hall–Kier alpha value is -2.37. The van der Waals surface area contributed by atoms with Crippen LogP contribution in [0.1, 0.15) is 43.0 Å². The van der Waals surface area contributed by atoms with Crippen molar-refractivity contribution in [1.29, 1.82) is 5.26 Å². The molecule has 0 saturated heterocycles. The van der Waals surface area contributed by atoms with Gasteiger partial charge in [0.25, 0.3) is 0 Å². The number of benzene rings is 2. The van der Waals surface area contributed by atoms with Crippen molar-refractivity contribution in [3.63, 3.8) is 0 Å². The molecule has 0 aliphatic rings. The molecule has 0 unspecified atom stereocenters. The van der Waals surface area contributed by atoms with Gasteiger partial charge in [0.05, 0.1) is 11.6 Å². The van der Waals surface area contributed by atoms with Gasteiger partial charge in [0.1, 0.15) is 0 Å². The van der Waals surface area contributed by atoms with Crippen LogP contribution in [-0.4, -0.2) is 18.5 Å². The van der Waals surface area contributed by atoms with Gasteiger partial charge >= 0.3 is 0 Å². The molecule has 24 heavy (non-hydrogen) atoms. The summed E-state index contributed by atoms with van der Waals surface area (Å²) < 4.78 is 0. The van der Waals surface area contributed by atoms with Crippen molar-refractivity contribution in [1.82, 2.24) is 4.90 Å². The van der Waals surface area contributed by atoms with Crippen LogP contribution >= 0.6 is 0 Å². The summed E-state index contributed by atoms with van der Waals surface area (Å²) in [5.74, 6) is 0. The monoisotopic (exact) mass is 318 g/mol. The van der Waals surface area contributed by atoms with Crippen LogP contribution in [0.25, 0.3) is 5.57 Å². The Morgan fingerprint density at radius 1 is 1.04 bits per heavy atom. The third-order valence-electron chi connectivity index (χ3n) is 4.16. The molecule has 2 aromatic carbocycles. The van der Waals surface area contributed by atoms with Gasteiger partial charge in [-0.05, 0) is 46.9 Å². The maximum absolute atomic E-state index is 8.87. The van der Waals surface area contributed by atoms with Crippen LogP contribution in [0.5, 0.6) is 0 Å². The summed E-state index contributed by atoms with van der Waals surface area (Å²) in [5.41, 5.74) is 5.68. The normalized spacial score (nSPS) is 11.3. The van der Waals surface area contributed by atoms with Crippen LogP contribution in [0, 0.1) is 11.3 Å². The molecule has 124 valence electrons. The molecule has 0 saturated carbocycles. The van der Waals surface area contributed by atoms with Gasteiger partial charge in [-0.25, -0.2) is 0 Å². The van der Waals surface area contributed by atoms with Gasteiger partial charge in [-0.1, -0.05) is 63.7 Å². The number of likely N-dealkylation sites (N-methyl/N-ethyl adjacent to an activating group) is 1. The molecular weight excluding hydrogens is 292 g/mol. The van der Waals surface area contributed by atoms with Gasteiger partial charge in [0, 0.05) is 13.1 Å². The molecule has 2 rings (SSSR count). The fourth-order valence-electron chi connectivity index (χ4n) is 2.68. The topological polar surface area (TPSA) is 27.0 Å². The first-order chi connectivity index (χ1) is 11.3. The van der Waals surface area contributed by atoms with E-state index < -0.39 is 0 Å². The first-order valence-corrected chi connectivity index (χ1v) is 8.26. The first kappa shape index (κ1) is 18.0. The number of hydrogen-bond donors (Lipinski definition) is 0. The van der Waals surface area contributed by atoms with Gasteiger partial charge in [-0.3, -0.25) is 4.90 Å². The fourth-order valence-corrected chi connectivity index (χ4v) is 2.68. The standard InChI is InChI=1S/C22H26N2/c1-17(20-10-6-18(14-23)7-11-20)15-24(5)16-19-8-12-21(13-9-19)22(2,3)4/h6-13H,1,15-16H2,2-5H3. The zero-order valence-electron chi connectivity index (χ0n) is 15.1. The van der Waals surface area contributed by atoms with Crippen LogP contribution in [0.15, 0.2) is 55.1 Å². The minimum atomic E-state index is 0.189. The molecule has 0 spiro atoms. The third kappa shape index (κ3) is 4.81. The quantitative estimate of drug-likeness (QED) is 0.775. The lowest BCUT2D eigenvalue weighted by molar-refractivity contribution is 0.369. The molecule has 2 aromatic rings. The molecule has 0 aromatic heterocycles. The van der Waals surface area contributed by atoms with E-state index in [2.05, 4.69) is 69.6 Å². The molecule has 0 atom stereocenters. The third-order valence-corrected chi connectivity index (χ3v) is 4.16. The highest BCUT2D eigenvalue weighted by molar-refractivity contribution is 5.65. The van der Waals surface area contributed by atoms with E-state index in [1.165, 1.54) is 11.1 Å². The van der Waals surface area contributed by atoms with Crippen molar-refractivity contribution in [3.8, 4) is 6.07 Å². The Labute approximate surface area is 146 Å². The van der Waals surface area contributed by atoms with Crippen LogP contribution in [0.4, 0.5) is 0 Å². The summed E-state index contributed by atoms with van der Waals surface area (Å²) in [7, 11) is 2.10. The molecule has 0 aliphatic carbocycles. The largest absolute Gasteiger partial charge is 0.298 e. The first-order valence-electron chi connectivity index (χ1n) is 8.26. The predicted octanol–water partition coefficient (Wildman–Crippen LogP) is 5.00. The van der Waals surface area contributed by atoms with Gasteiger partial charge in [0.15, 0.2) is 0 Å². The van der Waals surface area contributed by atoms with Gasteiger partial charge < -0.3 is 0 Å². The molecular formula is C22H26N2. The van der Waals surface area contributed by atoms with Crippen molar-refractivity contribution in [2.75, 3.05) is 13.6 Å². The van der Waals surface area contributed by atoms with Crippen molar-refractivity contribution in [3.05, 3.63) is 77.4 Å². The summed E-state index contributed by atoms with van der Waals surface area (Å²) >= 11 is 0. The van der Waals surface area contributed by atoms with Gasteiger partial charge in [-0.2, -0.15) is 5.26 Å². The lowest BCUT2D eigenvalue weighted by atomic mass is 9.87. The molecule has 0 heterocycles. The summed E-state index contributed by atoms with van der Waals surface area (Å²) in [6, 6.07) is 18.6. The van der Waals surface area contributed by atoms with Crippen molar-refractivity contribution in [2.45, 2.75) is 32.7 Å². The highest BCUT2D eigenvalue weighted by Gasteiger charge is 2.13. The number of hydrogen-bond acceptors (Lipinski definition) is 2. The zero-order valence-corrected chi connectivity index (χ0v) is 15.1. The van der Waals surface area contributed by atoms with Crippen molar-refractivity contribution in [2.24, 2.45) is 0 Å². The molecule has 2 nitrogen and oxygen atoms in total. The van der Waals surface area contributed by atoms with E-state index >= 15 is 0 Å².